The fraction of sp³-hybridized carbons (Fsp3) is 0.444. The van der Waals surface area contributed by atoms with Crippen LogP contribution >= 0.6 is 0 Å². The van der Waals surface area contributed by atoms with Crippen LogP contribution in [-0.4, -0.2) is 26.1 Å². The Morgan fingerprint density at radius 2 is 2.29 bits per heavy atom. The summed E-state index contributed by atoms with van der Waals surface area (Å²) in [7, 11) is 0. The molecule has 2 aromatic rings. The van der Waals surface area contributed by atoms with Crippen LogP contribution in [0.1, 0.15) is 20.0 Å². The molecule has 0 aliphatic heterocycles. The van der Waals surface area contributed by atoms with E-state index in [-0.39, 0.29) is 23.3 Å². The van der Waals surface area contributed by atoms with E-state index in [1.54, 1.807) is 6.92 Å². The van der Waals surface area contributed by atoms with Crippen LogP contribution in [-0.2, 0) is 0 Å². The molecule has 0 aliphatic carbocycles. The molecule has 0 saturated heterocycles. The van der Waals surface area contributed by atoms with Crippen molar-refractivity contribution in [2.24, 2.45) is 0 Å². The van der Waals surface area contributed by atoms with E-state index >= 15 is 0 Å². The summed E-state index contributed by atoms with van der Waals surface area (Å²) in [5.74, 6) is -0.0626. The summed E-state index contributed by atoms with van der Waals surface area (Å²) in [6.45, 7) is 4.29. The van der Waals surface area contributed by atoms with Gasteiger partial charge in [-0.2, -0.15) is 14.4 Å². The number of aromatic nitrogens is 4. The van der Waals surface area contributed by atoms with E-state index in [9.17, 15) is 9.18 Å². The number of imidazole rings is 1. The number of aromatic amines is 1. The highest BCUT2D eigenvalue weighted by molar-refractivity contribution is 5.70. The Morgan fingerprint density at radius 3 is 2.94 bits per heavy atom. The van der Waals surface area contributed by atoms with Crippen molar-refractivity contribution in [3.05, 3.63) is 16.4 Å². The molecular formula is C9H13FN6O. The lowest BCUT2D eigenvalue weighted by Crippen LogP contribution is -2.25. The number of halogens is 1. The molecule has 0 aromatic carbocycles. The predicted molar refractivity (Wildman–Crippen MR) is 60.9 cm³/mol. The summed E-state index contributed by atoms with van der Waals surface area (Å²) < 4.78 is 14.9. The zero-order valence-corrected chi connectivity index (χ0v) is 9.49. The summed E-state index contributed by atoms with van der Waals surface area (Å²) >= 11 is 0. The number of anilines is 1. The molecule has 17 heavy (non-hydrogen) atoms. The summed E-state index contributed by atoms with van der Waals surface area (Å²) in [5.41, 5.74) is 4.96. The molecule has 92 valence electrons. The number of nitrogen functional groups attached to an aromatic ring is 1. The van der Waals surface area contributed by atoms with Gasteiger partial charge in [0.1, 0.15) is 0 Å². The SMILES string of the molecule is CCNC(C)n1c(F)nc2c(=O)[nH]c(N)nc21. The molecule has 7 nitrogen and oxygen atoms in total. The van der Waals surface area contributed by atoms with Gasteiger partial charge in [-0.3, -0.25) is 19.7 Å². The standard InChI is InChI=1S/C9H13FN6O/c1-3-12-4(2)16-6-5(13-8(16)10)7(17)15-9(11)14-6/h4,12H,3H2,1-2H3,(H3,11,14,15,17). The molecule has 0 radical (unpaired) electrons. The van der Waals surface area contributed by atoms with E-state index in [2.05, 4.69) is 20.3 Å². The zero-order valence-electron chi connectivity index (χ0n) is 9.49. The first kappa shape index (κ1) is 11.5. The van der Waals surface area contributed by atoms with Crippen molar-refractivity contribution in [1.82, 2.24) is 24.8 Å². The predicted octanol–water partition coefficient (Wildman–Crippen LogP) is -0.0311. The number of hydrogen-bond donors (Lipinski definition) is 3. The summed E-state index contributed by atoms with van der Waals surface area (Å²) in [6, 6.07) is 0. The Morgan fingerprint density at radius 1 is 1.59 bits per heavy atom. The van der Waals surface area contributed by atoms with Gasteiger partial charge in [0.25, 0.3) is 11.6 Å². The molecule has 8 heteroatoms. The third-order valence-electron chi connectivity index (χ3n) is 2.41. The van der Waals surface area contributed by atoms with E-state index in [0.717, 1.165) is 0 Å². The van der Waals surface area contributed by atoms with Gasteiger partial charge in [-0.1, -0.05) is 6.92 Å². The number of hydrogen-bond acceptors (Lipinski definition) is 5. The number of H-pyrrole nitrogens is 1. The van der Waals surface area contributed by atoms with Gasteiger partial charge in [0, 0.05) is 0 Å². The third kappa shape index (κ3) is 1.86. The highest BCUT2D eigenvalue weighted by Gasteiger charge is 2.18. The van der Waals surface area contributed by atoms with Gasteiger partial charge in [-0.05, 0) is 13.5 Å². The van der Waals surface area contributed by atoms with Crippen LogP contribution in [0.25, 0.3) is 11.2 Å². The molecule has 1 atom stereocenters. The second-order valence-electron chi connectivity index (χ2n) is 3.61. The molecule has 1 unspecified atom stereocenters. The van der Waals surface area contributed by atoms with Crippen LogP contribution < -0.4 is 16.6 Å². The molecule has 0 saturated carbocycles. The highest BCUT2D eigenvalue weighted by Crippen LogP contribution is 2.14. The van der Waals surface area contributed by atoms with Gasteiger partial charge in [-0.15, -0.1) is 0 Å². The molecule has 2 aromatic heterocycles. The van der Waals surface area contributed by atoms with Crippen molar-refractivity contribution in [1.29, 1.82) is 0 Å². The second-order valence-corrected chi connectivity index (χ2v) is 3.61. The fourth-order valence-electron chi connectivity index (χ4n) is 1.70. The maximum absolute atomic E-state index is 13.7. The molecule has 0 amide bonds. The Labute approximate surface area is 95.9 Å². The maximum Gasteiger partial charge on any atom is 0.292 e. The van der Waals surface area contributed by atoms with Gasteiger partial charge in [0.2, 0.25) is 5.95 Å². The summed E-state index contributed by atoms with van der Waals surface area (Å²) in [6.07, 6.45) is -1.13. The quantitative estimate of drug-likeness (QED) is 0.654. The van der Waals surface area contributed by atoms with Crippen LogP contribution in [0.15, 0.2) is 4.79 Å². The number of nitrogens with two attached hydrogens (primary N) is 1. The van der Waals surface area contributed by atoms with E-state index in [4.69, 9.17) is 5.73 Å². The number of nitrogens with zero attached hydrogens (tertiary/aromatic N) is 3. The Bertz CT molecular complexity index is 603. The van der Waals surface area contributed by atoms with Crippen LogP contribution in [0.5, 0.6) is 0 Å². The molecule has 4 N–H and O–H groups in total. The van der Waals surface area contributed by atoms with Crippen LogP contribution in [0.2, 0.25) is 0 Å². The first-order valence-corrected chi connectivity index (χ1v) is 5.21. The minimum atomic E-state index is -0.767. The molecule has 0 fully saturated rings. The van der Waals surface area contributed by atoms with Crippen LogP contribution in [0, 0.1) is 6.08 Å². The summed E-state index contributed by atoms with van der Waals surface area (Å²) in [4.78, 5) is 21.2. The average molecular weight is 240 g/mol. The highest BCUT2D eigenvalue weighted by atomic mass is 19.1. The van der Waals surface area contributed by atoms with Crippen molar-refractivity contribution in [2.75, 3.05) is 12.3 Å². The minimum absolute atomic E-state index is 0.0542. The largest absolute Gasteiger partial charge is 0.369 e. The number of nitrogens with one attached hydrogen (secondary N) is 2. The van der Waals surface area contributed by atoms with Gasteiger partial charge in [-0.25, -0.2) is 0 Å². The number of fused-ring (bicyclic) bond motifs is 1. The van der Waals surface area contributed by atoms with Crippen molar-refractivity contribution >= 4 is 17.1 Å². The lowest BCUT2D eigenvalue weighted by atomic mass is 10.5. The Hall–Kier alpha value is -1.96. The van der Waals surface area contributed by atoms with E-state index in [1.165, 1.54) is 4.57 Å². The zero-order chi connectivity index (χ0) is 12.6. The third-order valence-corrected chi connectivity index (χ3v) is 2.41. The first-order chi connectivity index (χ1) is 8.04. The second kappa shape index (κ2) is 4.13. The molecule has 2 heterocycles. The molecule has 2 rings (SSSR count). The lowest BCUT2D eigenvalue weighted by molar-refractivity contribution is 0.378. The van der Waals surface area contributed by atoms with E-state index in [0.29, 0.717) is 6.54 Å². The van der Waals surface area contributed by atoms with E-state index in [1.807, 2.05) is 6.92 Å². The van der Waals surface area contributed by atoms with Crippen molar-refractivity contribution in [3.63, 3.8) is 0 Å². The smallest absolute Gasteiger partial charge is 0.292 e. The molecule has 0 bridgehead atoms. The van der Waals surface area contributed by atoms with Gasteiger partial charge >= 0.3 is 0 Å². The Kier molecular flexibility index (Phi) is 2.80. The average Bonchev–Trinajstić information content (AvgIpc) is 2.55. The monoisotopic (exact) mass is 240 g/mol. The topological polar surface area (TPSA) is 102 Å². The van der Waals surface area contributed by atoms with Gasteiger partial charge in [0.05, 0.1) is 6.17 Å². The van der Waals surface area contributed by atoms with Gasteiger partial charge < -0.3 is 5.73 Å². The van der Waals surface area contributed by atoms with Crippen molar-refractivity contribution < 1.29 is 4.39 Å². The molecule has 0 spiro atoms. The van der Waals surface area contributed by atoms with Crippen LogP contribution in [0.3, 0.4) is 0 Å². The van der Waals surface area contributed by atoms with Crippen LogP contribution in [0.4, 0.5) is 10.3 Å². The normalized spacial score (nSPS) is 13.1. The minimum Gasteiger partial charge on any atom is -0.369 e. The van der Waals surface area contributed by atoms with Crippen molar-refractivity contribution in [3.8, 4) is 0 Å². The maximum atomic E-state index is 13.7. The van der Waals surface area contributed by atoms with Crippen molar-refractivity contribution in [2.45, 2.75) is 20.0 Å². The number of rotatable bonds is 3. The van der Waals surface area contributed by atoms with Gasteiger partial charge in [0.15, 0.2) is 11.2 Å². The first-order valence-electron chi connectivity index (χ1n) is 5.21. The lowest BCUT2D eigenvalue weighted by Gasteiger charge is -2.14. The fourth-order valence-corrected chi connectivity index (χ4v) is 1.70. The summed E-state index contributed by atoms with van der Waals surface area (Å²) in [5, 5.41) is 3.01. The Balaban J connectivity index is 2.70. The van der Waals surface area contributed by atoms with E-state index < -0.39 is 11.6 Å². The molecular weight excluding hydrogens is 227 g/mol. The molecule has 0 aliphatic rings.